The zero-order chi connectivity index (χ0) is 29.3. The van der Waals surface area contributed by atoms with Crippen LogP contribution in [0.3, 0.4) is 0 Å². The Morgan fingerprint density at radius 1 is 1.05 bits per heavy atom. The number of aromatic nitrogens is 3. The maximum absolute atomic E-state index is 11.9. The van der Waals surface area contributed by atoms with E-state index in [2.05, 4.69) is 39.4 Å². The van der Waals surface area contributed by atoms with Crippen LogP contribution >= 0.6 is 11.9 Å². The molecule has 0 atom stereocenters. The van der Waals surface area contributed by atoms with Gasteiger partial charge in [-0.15, -0.1) is 0 Å². The van der Waals surface area contributed by atoms with Gasteiger partial charge in [-0.3, -0.25) is 4.68 Å². The summed E-state index contributed by atoms with van der Waals surface area (Å²) in [6.45, 7) is 12.4. The van der Waals surface area contributed by atoms with Crippen molar-refractivity contribution < 1.29 is 23.5 Å². The number of nitrogens with one attached hydrogen (secondary N) is 2. The fraction of sp³-hybridized carbons (Fsp3) is 0.414. The molecule has 0 bridgehead atoms. The number of benzene rings is 2. The molecule has 1 amide bonds. The highest BCUT2D eigenvalue weighted by atomic mass is 32.2. The van der Waals surface area contributed by atoms with Gasteiger partial charge in [0.1, 0.15) is 22.5 Å². The first kappa shape index (κ1) is 30.7. The summed E-state index contributed by atoms with van der Waals surface area (Å²) in [5.41, 5.74) is 3.04. The van der Waals surface area contributed by atoms with Crippen molar-refractivity contribution in [1.82, 2.24) is 20.3 Å². The Morgan fingerprint density at radius 2 is 1.80 bits per heavy atom. The molecule has 2 heterocycles. The van der Waals surface area contributed by atoms with E-state index in [9.17, 15) is 4.79 Å². The average Bonchev–Trinajstić information content (AvgIpc) is 3.57. The van der Waals surface area contributed by atoms with E-state index in [1.807, 2.05) is 59.0 Å². The molecule has 2 N–H and O–H groups in total. The average molecular weight is 570 g/mol. The summed E-state index contributed by atoms with van der Waals surface area (Å²) in [5.74, 6) is 1.98. The summed E-state index contributed by atoms with van der Waals surface area (Å²) in [6, 6.07) is 9.96. The van der Waals surface area contributed by atoms with Gasteiger partial charge >= 0.3 is 6.09 Å². The van der Waals surface area contributed by atoms with Gasteiger partial charge in [0.05, 0.1) is 31.9 Å². The number of anilines is 1. The lowest BCUT2D eigenvalue weighted by Crippen LogP contribution is -2.32. The standard InChI is InChI=1S/C27H33N5O5S.C2H6/c1-7-17-8-9-20(34-5)23(12-17)38-31-25-24-21(35-6)10-18(11-22(24)37-30-25)15-32-16-19(14-29-32)13-28-26(33)36-27(2,3)4;1-2/h8-12,14,16H,7,13,15H2,1-6H3,(H,28,33)(H,30,31);1-2H3. The number of aryl methyl sites for hydroxylation is 1. The predicted octanol–water partition coefficient (Wildman–Crippen LogP) is 6.82. The number of nitrogens with zero attached hydrogens (tertiary/aromatic N) is 3. The van der Waals surface area contributed by atoms with Crippen LogP contribution in [0.15, 0.2) is 52.1 Å². The highest BCUT2D eigenvalue weighted by Gasteiger charge is 2.18. The number of carbonyl (C=O) groups excluding carboxylic acids is 1. The molecule has 2 aromatic heterocycles. The monoisotopic (exact) mass is 569 g/mol. The zero-order valence-electron chi connectivity index (χ0n) is 24.5. The van der Waals surface area contributed by atoms with Crippen LogP contribution in [0.1, 0.15) is 58.2 Å². The zero-order valence-corrected chi connectivity index (χ0v) is 25.3. The third kappa shape index (κ3) is 8.08. The number of fused-ring (bicyclic) bond motifs is 1. The van der Waals surface area contributed by atoms with Crippen molar-refractivity contribution in [3.8, 4) is 11.5 Å². The van der Waals surface area contributed by atoms with Gasteiger partial charge in [-0.2, -0.15) is 5.10 Å². The number of ether oxygens (including phenoxy) is 3. The van der Waals surface area contributed by atoms with E-state index < -0.39 is 11.7 Å². The number of hydrogen-bond donors (Lipinski definition) is 2. The lowest BCUT2D eigenvalue weighted by Gasteiger charge is -2.19. The molecule has 40 heavy (non-hydrogen) atoms. The van der Waals surface area contributed by atoms with E-state index in [-0.39, 0.29) is 0 Å². The lowest BCUT2D eigenvalue weighted by molar-refractivity contribution is 0.0523. The van der Waals surface area contributed by atoms with E-state index >= 15 is 0 Å². The number of alkyl carbamates (subject to hydrolysis) is 1. The highest BCUT2D eigenvalue weighted by Crippen LogP contribution is 2.37. The summed E-state index contributed by atoms with van der Waals surface area (Å²) in [4.78, 5) is 12.9. The Balaban J connectivity index is 0.00000216. The molecule has 0 aliphatic heterocycles. The van der Waals surface area contributed by atoms with Gasteiger partial charge in [-0.25, -0.2) is 4.79 Å². The maximum atomic E-state index is 11.9. The Morgan fingerprint density at radius 3 is 2.48 bits per heavy atom. The number of amides is 1. The lowest BCUT2D eigenvalue weighted by atomic mass is 10.1. The summed E-state index contributed by atoms with van der Waals surface area (Å²) >= 11 is 1.41. The first-order chi connectivity index (χ1) is 19.2. The number of carbonyl (C=O) groups is 1. The third-order valence-electron chi connectivity index (χ3n) is 5.58. The summed E-state index contributed by atoms with van der Waals surface area (Å²) < 4.78 is 27.2. The van der Waals surface area contributed by atoms with Crippen molar-refractivity contribution in [3.05, 3.63) is 59.4 Å². The molecule has 0 radical (unpaired) electrons. The van der Waals surface area contributed by atoms with Crippen LogP contribution in [0.4, 0.5) is 10.6 Å². The largest absolute Gasteiger partial charge is 0.496 e. The van der Waals surface area contributed by atoms with E-state index in [0.717, 1.165) is 33.6 Å². The van der Waals surface area contributed by atoms with Crippen molar-refractivity contribution >= 4 is 34.8 Å². The van der Waals surface area contributed by atoms with Gasteiger partial charge in [0.15, 0.2) is 11.4 Å². The van der Waals surface area contributed by atoms with Crippen molar-refractivity contribution in [2.75, 3.05) is 18.9 Å². The van der Waals surface area contributed by atoms with Crippen molar-refractivity contribution in [1.29, 1.82) is 0 Å². The second kappa shape index (κ2) is 14.0. The molecular weight excluding hydrogens is 530 g/mol. The SMILES string of the molecule is CC.CCc1ccc(OC)c(SNc2noc3cc(Cn4cc(CNC(=O)OC(C)(C)C)cn4)cc(OC)c23)c1. The molecule has 2 aromatic carbocycles. The molecule has 0 unspecified atom stereocenters. The summed E-state index contributed by atoms with van der Waals surface area (Å²) in [5, 5.41) is 12.1. The van der Waals surface area contributed by atoms with Crippen molar-refractivity contribution in [2.45, 2.75) is 71.5 Å². The Hall–Kier alpha value is -3.86. The van der Waals surface area contributed by atoms with Gasteiger partial charge in [0.2, 0.25) is 0 Å². The summed E-state index contributed by atoms with van der Waals surface area (Å²) in [7, 11) is 3.27. The second-order valence-corrected chi connectivity index (χ2v) is 10.5. The molecule has 11 heteroatoms. The van der Waals surface area contributed by atoms with Crippen molar-refractivity contribution in [3.63, 3.8) is 0 Å². The molecule has 0 fully saturated rings. The van der Waals surface area contributed by atoms with Gasteiger partial charge in [-0.1, -0.05) is 32.0 Å². The minimum Gasteiger partial charge on any atom is -0.496 e. The van der Waals surface area contributed by atoms with Crippen LogP contribution in [0.25, 0.3) is 11.0 Å². The number of rotatable bonds is 10. The number of methoxy groups -OCH3 is 2. The Labute approximate surface area is 239 Å². The van der Waals surface area contributed by atoms with E-state index in [1.54, 1.807) is 25.1 Å². The Bertz CT molecular complexity index is 1410. The Kier molecular flexibility index (Phi) is 10.7. The van der Waals surface area contributed by atoms with Crippen LogP contribution in [0.2, 0.25) is 0 Å². The molecule has 4 rings (SSSR count). The molecule has 0 aliphatic carbocycles. The third-order valence-corrected chi connectivity index (χ3v) is 6.41. The van der Waals surface area contributed by atoms with Gasteiger partial charge in [0, 0.05) is 18.3 Å². The quantitative estimate of drug-likeness (QED) is 0.199. The molecular formula is C29H39N5O5S. The number of hydrogen-bond acceptors (Lipinski definition) is 9. The maximum Gasteiger partial charge on any atom is 0.407 e. The minimum atomic E-state index is -0.548. The molecule has 0 saturated heterocycles. The molecule has 10 nitrogen and oxygen atoms in total. The van der Waals surface area contributed by atoms with Crippen molar-refractivity contribution in [2.24, 2.45) is 0 Å². The molecule has 0 aliphatic rings. The smallest absolute Gasteiger partial charge is 0.407 e. The molecule has 0 saturated carbocycles. The van der Waals surface area contributed by atoms with Crippen LogP contribution in [0, 0.1) is 0 Å². The first-order valence-corrected chi connectivity index (χ1v) is 14.0. The van der Waals surface area contributed by atoms with E-state index in [1.165, 1.54) is 17.5 Å². The first-order valence-electron chi connectivity index (χ1n) is 13.2. The van der Waals surface area contributed by atoms with Gasteiger partial charge in [-0.05, 0) is 74.5 Å². The normalized spacial score (nSPS) is 11.0. The fourth-order valence-electron chi connectivity index (χ4n) is 3.80. The highest BCUT2D eigenvalue weighted by molar-refractivity contribution is 8.00. The van der Waals surface area contributed by atoms with Gasteiger partial charge < -0.3 is 28.8 Å². The van der Waals surface area contributed by atoms with Crippen LogP contribution in [-0.2, 0) is 24.2 Å². The molecule has 216 valence electrons. The van der Waals surface area contributed by atoms with Crippen LogP contribution in [0.5, 0.6) is 11.5 Å². The predicted molar refractivity (Wildman–Crippen MR) is 158 cm³/mol. The van der Waals surface area contributed by atoms with E-state index in [0.29, 0.717) is 30.2 Å². The van der Waals surface area contributed by atoms with Gasteiger partial charge in [0.25, 0.3) is 0 Å². The van der Waals surface area contributed by atoms with E-state index in [4.69, 9.17) is 18.7 Å². The molecule has 0 spiro atoms. The second-order valence-electron chi connectivity index (χ2n) is 9.65. The fourth-order valence-corrected chi connectivity index (χ4v) is 4.60. The molecule has 4 aromatic rings. The van der Waals surface area contributed by atoms with Crippen LogP contribution in [-0.4, -0.2) is 40.9 Å². The van der Waals surface area contributed by atoms with Crippen LogP contribution < -0.4 is 19.5 Å². The summed E-state index contributed by atoms with van der Waals surface area (Å²) in [6.07, 6.45) is 4.04. The topological polar surface area (TPSA) is 113 Å². The minimum absolute atomic E-state index is 0.317.